The van der Waals surface area contributed by atoms with E-state index in [1.807, 2.05) is 19.9 Å². The molecule has 116 valence electrons. The van der Waals surface area contributed by atoms with E-state index in [2.05, 4.69) is 5.32 Å². The summed E-state index contributed by atoms with van der Waals surface area (Å²) in [5.41, 5.74) is 0.916. The minimum atomic E-state index is -0.381. The molecule has 0 bridgehead atoms. The Morgan fingerprint density at radius 2 is 2.14 bits per heavy atom. The lowest BCUT2D eigenvalue weighted by molar-refractivity contribution is -0.386. The smallest absolute Gasteiger partial charge is 0.311 e. The van der Waals surface area contributed by atoms with Gasteiger partial charge in [-0.15, -0.1) is 0 Å². The molecule has 1 N–H and O–H groups in total. The van der Waals surface area contributed by atoms with Crippen LogP contribution in [-0.2, 0) is 11.3 Å². The predicted molar refractivity (Wildman–Crippen MR) is 79.5 cm³/mol. The molecule has 1 aliphatic heterocycles. The molecule has 0 aromatic heterocycles. The van der Waals surface area contributed by atoms with Crippen LogP contribution in [0.5, 0.6) is 5.75 Å². The first-order valence-corrected chi connectivity index (χ1v) is 7.31. The van der Waals surface area contributed by atoms with Crippen molar-refractivity contribution < 1.29 is 14.4 Å². The van der Waals surface area contributed by atoms with Crippen LogP contribution in [-0.4, -0.2) is 30.3 Å². The van der Waals surface area contributed by atoms with Crippen LogP contribution in [0.4, 0.5) is 5.69 Å². The fourth-order valence-electron chi connectivity index (χ4n) is 2.21. The van der Waals surface area contributed by atoms with E-state index in [4.69, 9.17) is 9.47 Å². The largest absolute Gasteiger partial charge is 0.483 e. The van der Waals surface area contributed by atoms with Crippen LogP contribution in [0.25, 0.3) is 0 Å². The standard InChI is InChI=1S/C15H22N2O4/c1-11(2)16-10-12-3-4-15(14(9-12)17(18)19)21-13-5-7-20-8-6-13/h3-4,9,11,13,16H,5-8,10H2,1-2H3. The van der Waals surface area contributed by atoms with Crippen molar-refractivity contribution >= 4 is 5.69 Å². The van der Waals surface area contributed by atoms with Crippen molar-refractivity contribution in [3.63, 3.8) is 0 Å². The lowest BCUT2D eigenvalue weighted by Gasteiger charge is -2.23. The maximum Gasteiger partial charge on any atom is 0.311 e. The van der Waals surface area contributed by atoms with Gasteiger partial charge >= 0.3 is 5.69 Å². The minimum Gasteiger partial charge on any atom is -0.483 e. The van der Waals surface area contributed by atoms with Gasteiger partial charge in [0.25, 0.3) is 0 Å². The summed E-state index contributed by atoms with van der Waals surface area (Å²) in [5, 5.41) is 14.5. The van der Waals surface area contributed by atoms with E-state index in [-0.39, 0.29) is 16.7 Å². The Morgan fingerprint density at radius 1 is 1.43 bits per heavy atom. The van der Waals surface area contributed by atoms with E-state index in [1.165, 1.54) is 0 Å². The molecule has 1 fully saturated rings. The number of benzene rings is 1. The number of nitrogens with one attached hydrogen (secondary N) is 1. The first kappa shape index (κ1) is 15.7. The third-order valence-electron chi connectivity index (χ3n) is 3.40. The highest BCUT2D eigenvalue weighted by atomic mass is 16.6. The number of hydrogen-bond donors (Lipinski definition) is 1. The van der Waals surface area contributed by atoms with Gasteiger partial charge in [-0.1, -0.05) is 19.9 Å². The van der Waals surface area contributed by atoms with Crippen molar-refractivity contribution in [2.24, 2.45) is 0 Å². The zero-order valence-corrected chi connectivity index (χ0v) is 12.5. The molecule has 2 rings (SSSR count). The monoisotopic (exact) mass is 294 g/mol. The zero-order chi connectivity index (χ0) is 15.2. The summed E-state index contributed by atoms with van der Waals surface area (Å²) in [6.45, 7) is 5.98. The maximum absolute atomic E-state index is 11.2. The summed E-state index contributed by atoms with van der Waals surface area (Å²) in [4.78, 5) is 10.9. The highest BCUT2D eigenvalue weighted by Crippen LogP contribution is 2.30. The van der Waals surface area contributed by atoms with Crippen LogP contribution in [0.2, 0.25) is 0 Å². The van der Waals surface area contributed by atoms with Gasteiger partial charge in [-0.3, -0.25) is 10.1 Å². The highest BCUT2D eigenvalue weighted by Gasteiger charge is 2.21. The van der Waals surface area contributed by atoms with Crippen molar-refractivity contribution in [1.29, 1.82) is 0 Å². The third-order valence-corrected chi connectivity index (χ3v) is 3.40. The van der Waals surface area contributed by atoms with Gasteiger partial charge in [0.1, 0.15) is 6.10 Å². The fraction of sp³-hybridized carbons (Fsp3) is 0.600. The molecule has 0 atom stereocenters. The average Bonchev–Trinajstić information content (AvgIpc) is 2.47. The van der Waals surface area contributed by atoms with Crippen LogP contribution in [0.3, 0.4) is 0 Å². The molecule has 1 aromatic carbocycles. The molecule has 0 saturated carbocycles. The SMILES string of the molecule is CC(C)NCc1ccc(OC2CCOCC2)c([N+](=O)[O-])c1. The first-order valence-electron chi connectivity index (χ1n) is 7.31. The molecule has 0 amide bonds. The number of nitro groups is 1. The Labute approximate surface area is 124 Å². The number of rotatable bonds is 6. The Balaban J connectivity index is 2.10. The molecule has 0 aliphatic carbocycles. The van der Waals surface area contributed by atoms with Gasteiger partial charge in [-0.2, -0.15) is 0 Å². The Kier molecular flexibility index (Phi) is 5.52. The van der Waals surface area contributed by atoms with Crippen LogP contribution in [0.15, 0.2) is 18.2 Å². The van der Waals surface area contributed by atoms with E-state index < -0.39 is 0 Å². The molecule has 0 radical (unpaired) electrons. The molecule has 1 aliphatic rings. The van der Waals surface area contributed by atoms with Gasteiger partial charge in [0.05, 0.1) is 18.1 Å². The Morgan fingerprint density at radius 3 is 2.76 bits per heavy atom. The number of ether oxygens (including phenoxy) is 2. The number of hydrogen-bond acceptors (Lipinski definition) is 5. The van der Waals surface area contributed by atoms with Crippen LogP contribution < -0.4 is 10.1 Å². The average molecular weight is 294 g/mol. The molecule has 21 heavy (non-hydrogen) atoms. The molecule has 0 unspecified atom stereocenters. The number of nitrogens with zero attached hydrogens (tertiary/aromatic N) is 1. The van der Waals surface area contributed by atoms with Crippen molar-refractivity contribution in [3.05, 3.63) is 33.9 Å². The van der Waals surface area contributed by atoms with Crippen molar-refractivity contribution in [2.75, 3.05) is 13.2 Å². The Hall–Kier alpha value is -1.66. The number of nitro benzene ring substituents is 1. The van der Waals surface area contributed by atoms with Crippen molar-refractivity contribution in [3.8, 4) is 5.75 Å². The predicted octanol–water partition coefficient (Wildman–Crippen LogP) is 2.65. The van der Waals surface area contributed by atoms with E-state index in [1.54, 1.807) is 12.1 Å². The Bertz CT molecular complexity index is 485. The zero-order valence-electron chi connectivity index (χ0n) is 12.5. The molecular formula is C15H22N2O4. The fourth-order valence-corrected chi connectivity index (χ4v) is 2.21. The van der Waals surface area contributed by atoms with Crippen LogP contribution in [0.1, 0.15) is 32.3 Å². The second kappa shape index (κ2) is 7.38. The molecule has 1 saturated heterocycles. The molecule has 1 heterocycles. The van der Waals surface area contributed by atoms with Crippen LogP contribution in [0, 0.1) is 10.1 Å². The van der Waals surface area contributed by atoms with Gasteiger partial charge in [-0.25, -0.2) is 0 Å². The molecule has 6 heteroatoms. The molecule has 1 aromatic rings. The molecule has 0 spiro atoms. The summed E-state index contributed by atoms with van der Waals surface area (Å²) in [6.07, 6.45) is 1.54. The third kappa shape index (κ3) is 4.68. The molecular weight excluding hydrogens is 272 g/mol. The topological polar surface area (TPSA) is 73.6 Å². The van der Waals surface area contributed by atoms with Crippen molar-refractivity contribution in [1.82, 2.24) is 5.32 Å². The summed E-state index contributed by atoms with van der Waals surface area (Å²) in [6, 6.07) is 5.49. The normalized spacial score (nSPS) is 16.1. The van der Waals surface area contributed by atoms with Gasteiger partial charge < -0.3 is 14.8 Å². The van der Waals surface area contributed by atoms with E-state index in [0.717, 1.165) is 18.4 Å². The van der Waals surface area contributed by atoms with Gasteiger partial charge in [-0.05, 0) is 11.6 Å². The second-order valence-corrected chi connectivity index (χ2v) is 5.52. The first-order chi connectivity index (χ1) is 10.1. The lowest BCUT2D eigenvalue weighted by atomic mass is 10.1. The minimum absolute atomic E-state index is 0.00270. The van der Waals surface area contributed by atoms with Crippen LogP contribution >= 0.6 is 0 Å². The van der Waals surface area contributed by atoms with E-state index in [0.29, 0.717) is 31.5 Å². The summed E-state index contributed by atoms with van der Waals surface area (Å²) < 4.78 is 11.1. The van der Waals surface area contributed by atoms with E-state index >= 15 is 0 Å². The van der Waals surface area contributed by atoms with Gasteiger partial charge in [0.2, 0.25) is 0 Å². The summed E-state index contributed by atoms with van der Waals surface area (Å²) in [5.74, 6) is 0.347. The van der Waals surface area contributed by atoms with Gasteiger partial charge in [0, 0.05) is 31.5 Å². The van der Waals surface area contributed by atoms with Gasteiger partial charge in [0.15, 0.2) is 5.75 Å². The second-order valence-electron chi connectivity index (χ2n) is 5.52. The van der Waals surface area contributed by atoms with Crippen molar-refractivity contribution in [2.45, 2.75) is 45.4 Å². The maximum atomic E-state index is 11.2. The van der Waals surface area contributed by atoms with E-state index in [9.17, 15) is 10.1 Å². The summed E-state index contributed by atoms with van der Waals surface area (Å²) in [7, 11) is 0. The quantitative estimate of drug-likeness (QED) is 0.645. The lowest BCUT2D eigenvalue weighted by Crippen LogP contribution is -2.26. The summed E-state index contributed by atoms with van der Waals surface area (Å²) >= 11 is 0. The highest BCUT2D eigenvalue weighted by molar-refractivity contribution is 5.48. The molecule has 6 nitrogen and oxygen atoms in total.